The lowest BCUT2D eigenvalue weighted by Crippen LogP contribution is -2.65. The van der Waals surface area contributed by atoms with Gasteiger partial charge in [-0.3, -0.25) is 9.59 Å². The Bertz CT molecular complexity index is 778. The molecule has 1 saturated heterocycles. The summed E-state index contributed by atoms with van der Waals surface area (Å²) in [6.07, 6.45) is 1.73. The van der Waals surface area contributed by atoms with E-state index in [-0.39, 0.29) is 54.4 Å². The summed E-state index contributed by atoms with van der Waals surface area (Å²) >= 11 is 0. The van der Waals surface area contributed by atoms with Crippen LogP contribution in [0.1, 0.15) is 67.2 Å². The molecule has 7 atom stereocenters. The van der Waals surface area contributed by atoms with Crippen LogP contribution in [-0.2, 0) is 33.1 Å². The highest BCUT2D eigenvalue weighted by atomic mass is 16.7. The van der Waals surface area contributed by atoms with Crippen LogP contribution < -0.4 is 5.32 Å². The molecule has 2 bridgehead atoms. The highest BCUT2D eigenvalue weighted by Gasteiger charge is 2.68. The van der Waals surface area contributed by atoms with E-state index in [0.717, 1.165) is 12.8 Å². The van der Waals surface area contributed by atoms with E-state index >= 15 is 0 Å². The number of ketones is 1. The molecule has 3 aliphatic carbocycles. The molecule has 4 fully saturated rings. The molecule has 0 unspecified atom stereocenters. The van der Waals surface area contributed by atoms with E-state index in [2.05, 4.69) is 39.9 Å². The highest BCUT2D eigenvalue weighted by molar-refractivity contribution is 6.47. The molecule has 37 heavy (non-hydrogen) atoms. The maximum Gasteiger partial charge on any atom is 0.481 e. The number of ether oxygens (including phenoxy) is 3. The van der Waals surface area contributed by atoms with Crippen LogP contribution in [-0.4, -0.2) is 87.8 Å². The van der Waals surface area contributed by atoms with Crippen LogP contribution in [0.2, 0.25) is 0 Å². The van der Waals surface area contributed by atoms with Gasteiger partial charge in [0.1, 0.15) is 6.61 Å². The third-order valence-corrected chi connectivity index (χ3v) is 8.78. The highest BCUT2D eigenvalue weighted by Crippen LogP contribution is 2.65. The van der Waals surface area contributed by atoms with Crippen molar-refractivity contribution in [3.05, 3.63) is 0 Å². The van der Waals surface area contributed by atoms with Gasteiger partial charge in [-0.1, -0.05) is 27.7 Å². The van der Waals surface area contributed by atoms with E-state index in [0.29, 0.717) is 44.0 Å². The fourth-order valence-electron chi connectivity index (χ4n) is 6.44. The SMILES string of the molecule is COCCOCCOCC(=O)C[C@H](C(=O)N[C@@H](CC(C)C)B1O[C@@H]2C[C@H]3C[C@H](C3(C)C)[C@]2(C)O1)[C@@H](C)O. The van der Waals surface area contributed by atoms with Crippen molar-refractivity contribution in [1.29, 1.82) is 0 Å². The maximum absolute atomic E-state index is 13.3. The second-order valence-electron chi connectivity index (χ2n) is 12.3. The predicted molar refractivity (Wildman–Crippen MR) is 140 cm³/mol. The molecule has 0 spiro atoms. The minimum absolute atomic E-state index is 0.0191. The zero-order valence-electron chi connectivity index (χ0n) is 23.8. The van der Waals surface area contributed by atoms with Gasteiger partial charge < -0.3 is 33.9 Å². The fraction of sp³-hybridized carbons (Fsp3) is 0.926. The van der Waals surface area contributed by atoms with Crippen LogP contribution in [0, 0.1) is 29.1 Å². The number of rotatable bonds is 16. The number of nitrogens with one attached hydrogen (secondary N) is 1. The summed E-state index contributed by atoms with van der Waals surface area (Å²) < 4.78 is 28.7. The number of carbonyl (C=O) groups is 2. The van der Waals surface area contributed by atoms with Crippen LogP contribution in [0.15, 0.2) is 0 Å². The second-order valence-corrected chi connectivity index (χ2v) is 12.3. The van der Waals surface area contributed by atoms with Crippen molar-refractivity contribution in [2.24, 2.45) is 29.1 Å². The molecule has 0 aromatic heterocycles. The Morgan fingerprint density at radius 3 is 2.38 bits per heavy atom. The van der Waals surface area contributed by atoms with Gasteiger partial charge in [-0.2, -0.15) is 0 Å². The van der Waals surface area contributed by atoms with E-state index in [1.54, 1.807) is 7.11 Å². The van der Waals surface area contributed by atoms with Gasteiger partial charge in [0.15, 0.2) is 5.78 Å². The Morgan fingerprint density at radius 1 is 1.08 bits per heavy atom. The fourth-order valence-corrected chi connectivity index (χ4v) is 6.44. The summed E-state index contributed by atoms with van der Waals surface area (Å²) in [6.45, 7) is 14.0. The number of aliphatic hydroxyl groups is 1. The van der Waals surface area contributed by atoms with Crippen LogP contribution in [0.3, 0.4) is 0 Å². The molecule has 1 amide bonds. The average molecular weight is 525 g/mol. The molecular formula is C27H48BNO8. The monoisotopic (exact) mass is 525 g/mol. The number of Topliss-reactive ketones (excluding diaryl/α,β-unsaturated/α-hetero) is 1. The minimum Gasteiger partial charge on any atom is -0.404 e. The molecule has 9 nitrogen and oxygen atoms in total. The lowest BCUT2D eigenvalue weighted by atomic mass is 9.43. The van der Waals surface area contributed by atoms with Crippen molar-refractivity contribution < 1.29 is 38.2 Å². The van der Waals surface area contributed by atoms with Gasteiger partial charge in [0.05, 0.1) is 56.1 Å². The molecule has 2 N–H and O–H groups in total. The third-order valence-electron chi connectivity index (χ3n) is 8.78. The van der Waals surface area contributed by atoms with Gasteiger partial charge in [-0.05, 0) is 56.3 Å². The van der Waals surface area contributed by atoms with Crippen molar-refractivity contribution in [2.45, 2.75) is 91.0 Å². The van der Waals surface area contributed by atoms with Gasteiger partial charge in [0.2, 0.25) is 5.91 Å². The Kier molecular flexibility index (Phi) is 10.6. The second kappa shape index (κ2) is 12.9. The van der Waals surface area contributed by atoms with Crippen LogP contribution >= 0.6 is 0 Å². The van der Waals surface area contributed by atoms with E-state index in [1.807, 2.05) is 0 Å². The van der Waals surface area contributed by atoms with Crippen molar-refractivity contribution in [1.82, 2.24) is 5.32 Å². The first-order chi connectivity index (χ1) is 17.4. The Morgan fingerprint density at radius 2 is 1.76 bits per heavy atom. The maximum atomic E-state index is 13.3. The first-order valence-corrected chi connectivity index (χ1v) is 13.9. The quantitative estimate of drug-likeness (QED) is 0.234. The van der Waals surface area contributed by atoms with Crippen LogP contribution in [0.5, 0.6) is 0 Å². The number of methoxy groups -OCH3 is 1. The number of aliphatic hydroxyl groups excluding tert-OH is 1. The van der Waals surface area contributed by atoms with Crippen molar-refractivity contribution in [3.63, 3.8) is 0 Å². The zero-order chi connectivity index (χ0) is 27.4. The van der Waals surface area contributed by atoms with Crippen LogP contribution in [0.4, 0.5) is 0 Å². The number of carbonyl (C=O) groups excluding carboxylic acids is 2. The minimum atomic E-state index is -0.987. The number of amides is 1. The van der Waals surface area contributed by atoms with E-state index < -0.39 is 19.1 Å². The largest absolute Gasteiger partial charge is 0.481 e. The lowest BCUT2D eigenvalue weighted by molar-refractivity contribution is -0.199. The summed E-state index contributed by atoms with van der Waals surface area (Å²) in [6, 6.07) is 0. The predicted octanol–water partition coefficient (Wildman–Crippen LogP) is 2.42. The van der Waals surface area contributed by atoms with Gasteiger partial charge >= 0.3 is 7.12 Å². The summed E-state index contributed by atoms with van der Waals surface area (Å²) in [4.78, 5) is 25.8. The molecule has 212 valence electrons. The van der Waals surface area contributed by atoms with Gasteiger partial charge in [0.25, 0.3) is 0 Å². The summed E-state index contributed by atoms with van der Waals surface area (Å²) in [5.74, 6) is -0.495. The molecule has 1 aliphatic heterocycles. The van der Waals surface area contributed by atoms with Crippen molar-refractivity contribution >= 4 is 18.8 Å². The molecule has 0 aromatic rings. The smallest absolute Gasteiger partial charge is 0.404 e. The van der Waals surface area contributed by atoms with Crippen molar-refractivity contribution in [3.8, 4) is 0 Å². The zero-order valence-corrected chi connectivity index (χ0v) is 23.8. The summed E-state index contributed by atoms with van der Waals surface area (Å²) in [7, 11) is 1.05. The van der Waals surface area contributed by atoms with E-state index in [1.165, 1.54) is 6.92 Å². The Labute approximate surface area is 222 Å². The molecule has 3 saturated carbocycles. The number of hydrogen-bond acceptors (Lipinski definition) is 8. The summed E-state index contributed by atoms with van der Waals surface area (Å²) in [5.41, 5.74) is -0.136. The number of hydrogen-bond donors (Lipinski definition) is 2. The van der Waals surface area contributed by atoms with Crippen molar-refractivity contribution in [2.75, 3.05) is 40.1 Å². The Hall–Kier alpha value is -1.04. The van der Waals surface area contributed by atoms with Gasteiger partial charge in [0, 0.05) is 13.5 Å². The normalized spacial score (nSPS) is 30.4. The topological polar surface area (TPSA) is 113 Å². The van der Waals surface area contributed by atoms with Gasteiger partial charge in [-0.25, -0.2) is 0 Å². The van der Waals surface area contributed by atoms with E-state index in [9.17, 15) is 14.7 Å². The first-order valence-electron chi connectivity index (χ1n) is 13.9. The molecule has 4 aliphatic rings. The Balaban J connectivity index is 1.55. The molecule has 1 heterocycles. The van der Waals surface area contributed by atoms with Gasteiger partial charge in [-0.15, -0.1) is 0 Å². The molecule has 4 rings (SSSR count). The molecule has 0 radical (unpaired) electrons. The molecular weight excluding hydrogens is 477 g/mol. The average Bonchev–Trinajstić information content (AvgIpc) is 3.18. The lowest BCUT2D eigenvalue weighted by Gasteiger charge is -2.64. The van der Waals surface area contributed by atoms with Crippen LogP contribution in [0.25, 0.3) is 0 Å². The molecule has 10 heteroatoms. The standard InChI is InChI=1S/C27H48BNO8/c1-17(2)12-24(28-36-23-14-19-13-22(26(19,4)5)27(23,6)37-28)29-25(32)21(18(3)30)15-20(31)16-35-11-10-34-9-8-33-7/h17-19,21-24,30H,8-16H2,1-7H3,(H,29,32)/t18-,19-,21+,22-,23-,24+,27+/m1/s1. The third kappa shape index (κ3) is 7.14. The van der Waals surface area contributed by atoms with E-state index in [4.69, 9.17) is 23.5 Å². The molecule has 0 aromatic carbocycles. The first kappa shape index (κ1) is 30.5. The summed E-state index contributed by atoms with van der Waals surface area (Å²) in [5, 5.41) is 13.4.